The molecule has 0 atom stereocenters. The highest BCUT2D eigenvalue weighted by atomic mass is 35.5. The van der Waals surface area contributed by atoms with Gasteiger partial charge in [-0.15, -0.1) is 0 Å². The molecule has 0 aromatic heterocycles. The predicted molar refractivity (Wildman–Crippen MR) is 104 cm³/mol. The van der Waals surface area contributed by atoms with Gasteiger partial charge in [-0.2, -0.15) is 13.2 Å². The van der Waals surface area contributed by atoms with E-state index in [0.717, 1.165) is 31.7 Å². The van der Waals surface area contributed by atoms with Crippen LogP contribution in [0, 0.1) is 0 Å². The molecule has 0 bridgehead atoms. The molecule has 0 radical (unpaired) electrons. The maximum absolute atomic E-state index is 13.0. The summed E-state index contributed by atoms with van der Waals surface area (Å²) in [5.41, 5.74) is -0.324. The third kappa shape index (κ3) is 5.39. The fourth-order valence-electron chi connectivity index (χ4n) is 2.99. The molecule has 1 fully saturated rings. The lowest BCUT2D eigenvalue weighted by atomic mass is 9.93. The molecule has 2 rings (SSSR count). The Kier molecular flexibility index (Phi) is 6.41. The highest BCUT2D eigenvalue weighted by molar-refractivity contribution is 6.74. The number of hydrogen-bond donors (Lipinski definition) is 1. The summed E-state index contributed by atoms with van der Waals surface area (Å²) in [5.74, 6) is 0. The first kappa shape index (κ1) is 21.6. The van der Waals surface area contributed by atoms with Gasteiger partial charge in [0, 0.05) is 17.8 Å². The standard InChI is InChI=1S/C19H29ClF3NOSi/c1-18(2,3)26(4,5)25-15-9-6-13(7-10-15)24-14-8-11-17(20)16(12-14)19(21,22)23/h8,11-13,15,24H,6-7,9-10H2,1-5H3. The summed E-state index contributed by atoms with van der Waals surface area (Å²) in [4.78, 5) is 0. The van der Waals surface area contributed by atoms with Crippen LogP contribution in [0.2, 0.25) is 23.2 Å². The third-order valence-electron chi connectivity index (χ3n) is 5.58. The van der Waals surface area contributed by atoms with Crippen molar-refractivity contribution in [3.05, 3.63) is 28.8 Å². The highest BCUT2D eigenvalue weighted by Gasteiger charge is 2.40. The Morgan fingerprint density at radius 1 is 1.08 bits per heavy atom. The van der Waals surface area contributed by atoms with E-state index in [1.165, 1.54) is 6.07 Å². The van der Waals surface area contributed by atoms with Crippen molar-refractivity contribution in [3.63, 3.8) is 0 Å². The first-order chi connectivity index (χ1) is 11.8. The summed E-state index contributed by atoms with van der Waals surface area (Å²) in [7, 11) is -1.78. The maximum atomic E-state index is 13.0. The highest BCUT2D eigenvalue weighted by Crippen LogP contribution is 2.40. The van der Waals surface area contributed by atoms with E-state index in [-0.39, 0.29) is 22.2 Å². The van der Waals surface area contributed by atoms with Crippen LogP contribution in [0.5, 0.6) is 0 Å². The van der Waals surface area contributed by atoms with Crippen molar-refractivity contribution in [2.45, 2.75) is 82.9 Å². The molecule has 1 aromatic rings. The fourth-order valence-corrected chi connectivity index (χ4v) is 4.63. The lowest BCUT2D eigenvalue weighted by Gasteiger charge is -2.41. The Labute approximate surface area is 160 Å². The van der Waals surface area contributed by atoms with Gasteiger partial charge in [-0.05, 0) is 62.0 Å². The average Bonchev–Trinajstić information content (AvgIpc) is 2.48. The van der Waals surface area contributed by atoms with Crippen LogP contribution in [0.1, 0.15) is 52.0 Å². The fraction of sp³-hybridized carbons (Fsp3) is 0.684. The monoisotopic (exact) mass is 407 g/mol. The molecule has 0 heterocycles. The van der Waals surface area contributed by atoms with Gasteiger partial charge in [-0.3, -0.25) is 0 Å². The first-order valence-corrected chi connectivity index (χ1v) is 12.4. The van der Waals surface area contributed by atoms with Gasteiger partial charge in [0.2, 0.25) is 0 Å². The molecule has 1 aliphatic carbocycles. The number of alkyl halides is 3. The van der Waals surface area contributed by atoms with Crippen molar-refractivity contribution in [1.82, 2.24) is 0 Å². The lowest BCUT2D eigenvalue weighted by molar-refractivity contribution is -0.137. The second-order valence-corrected chi connectivity index (χ2v) is 13.9. The molecular formula is C19H29ClF3NOSi. The summed E-state index contributed by atoms with van der Waals surface area (Å²) in [5, 5.41) is 3.14. The molecule has 1 aliphatic rings. The number of anilines is 1. The molecule has 2 nitrogen and oxygen atoms in total. The Hall–Kier alpha value is -0.723. The Morgan fingerprint density at radius 2 is 1.65 bits per heavy atom. The number of hydrogen-bond acceptors (Lipinski definition) is 2. The van der Waals surface area contributed by atoms with Gasteiger partial charge >= 0.3 is 6.18 Å². The molecule has 0 spiro atoms. The second kappa shape index (κ2) is 7.72. The minimum absolute atomic E-state index is 0.163. The second-order valence-electron chi connectivity index (χ2n) is 8.69. The van der Waals surface area contributed by atoms with E-state index in [2.05, 4.69) is 39.2 Å². The van der Waals surface area contributed by atoms with Gasteiger partial charge in [0.25, 0.3) is 0 Å². The van der Waals surface area contributed by atoms with E-state index in [4.69, 9.17) is 16.0 Å². The Balaban J connectivity index is 1.94. The largest absolute Gasteiger partial charge is 0.417 e. The molecule has 0 amide bonds. The average molecular weight is 408 g/mol. The summed E-state index contributed by atoms with van der Waals surface area (Å²) in [6.07, 6.45) is -0.533. The van der Waals surface area contributed by atoms with Crippen LogP contribution < -0.4 is 5.32 Å². The van der Waals surface area contributed by atoms with Gasteiger partial charge in [-0.1, -0.05) is 32.4 Å². The summed E-state index contributed by atoms with van der Waals surface area (Å²) in [6.45, 7) is 11.2. The van der Waals surface area contributed by atoms with Crippen LogP contribution in [-0.2, 0) is 10.6 Å². The molecule has 1 aromatic carbocycles. The van der Waals surface area contributed by atoms with Gasteiger partial charge in [0.1, 0.15) is 0 Å². The zero-order chi connectivity index (χ0) is 19.8. The Morgan fingerprint density at radius 3 is 2.15 bits per heavy atom. The van der Waals surface area contributed by atoms with E-state index >= 15 is 0 Å². The minimum atomic E-state index is -4.44. The van der Waals surface area contributed by atoms with Crippen molar-refractivity contribution in [2.75, 3.05) is 5.32 Å². The SMILES string of the molecule is CC(C)(C)[Si](C)(C)OC1CCC(Nc2ccc(Cl)c(C(F)(F)F)c2)CC1. The third-order valence-corrected chi connectivity index (χ3v) is 10.4. The van der Waals surface area contributed by atoms with Crippen LogP contribution in [0.4, 0.5) is 18.9 Å². The van der Waals surface area contributed by atoms with Crippen molar-refractivity contribution >= 4 is 25.6 Å². The normalized spacial score (nSPS) is 22.3. The van der Waals surface area contributed by atoms with E-state index in [9.17, 15) is 13.2 Å². The molecule has 0 saturated heterocycles. The van der Waals surface area contributed by atoms with E-state index in [0.29, 0.717) is 5.69 Å². The molecule has 0 unspecified atom stereocenters. The van der Waals surface area contributed by atoms with Crippen LogP contribution in [0.15, 0.2) is 18.2 Å². The van der Waals surface area contributed by atoms with Gasteiger partial charge in [0.15, 0.2) is 8.32 Å². The maximum Gasteiger partial charge on any atom is 0.417 e. The van der Waals surface area contributed by atoms with Crippen LogP contribution in [-0.4, -0.2) is 20.5 Å². The first-order valence-electron chi connectivity index (χ1n) is 9.11. The predicted octanol–water partition coefficient (Wildman–Crippen LogP) is 7.10. The van der Waals surface area contributed by atoms with Crippen molar-refractivity contribution in [2.24, 2.45) is 0 Å². The van der Waals surface area contributed by atoms with Crippen molar-refractivity contribution < 1.29 is 17.6 Å². The van der Waals surface area contributed by atoms with Gasteiger partial charge < -0.3 is 9.74 Å². The smallest absolute Gasteiger partial charge is 0.414 e. The molecule has 148 valence electrons. The minimum Gasteiger partial charge on any atom is -0.414 e. The number of rotatable bonds is 4. The molecule has 7 heteroatoms. The topological polar surface area (TPSA) is 21.3 Å². The quantitative estimate of drug-likeness (QED) is 0.537. The van der Waals surface area contributed by atoms with E-state index < -0.39 is 20.1 Å². The van der Waals surface area contributed by atoms with Crippen LogP contribution in [0.3, 0.4) is 0 Å². The molecule has 26 heavy (non-hydrogen) atoms. The molecule has 1 N–H and O–H groups in total. The van der Waals surface area contributed by atoms with Crippen LogP contribution in [0.25, 0.3) is 0 Å². The molecule has 1 saturated carbocycles. The lowest BCUT2D eigenvalue weighted by Crippen LogP contribution is -2.45. The molecular weight excluding hydrogens is 379 g/mol. The van der Waals surface area contributed by atoms with E-state index in [1.807, 2.05) is 0 Å². The van der Waals surface area contributed by atoms with Gasteiger partial charge in [0.05, 0.1) is 10.6 Å². The van der Waals surface area contributed by atoms with Crippen LogP contribution >= 0.6 is 11.6 Å². The number of benzene rings is 1. The summed E-state index contributed by atoms with van der Waals surface area (Å²) >= 11 is 5.68. The summed E-state index contributed by atoms with van der Waals surface area (Å²) < 4.78 is 45.4. The number of nitrogens with one attached hydrogen (secondary N) is 1. The zero-order valence-corrected chi connectivity index (χ0v) is 17.9. The zero-order valence-electron chi connectivity index (χ0n) is 16.1. The van der Waals surface area contributed by atoms with Gasteiger partial charge in [-0.25, -0.2) is 0 Å². The molecule has 0 aliphatic heterocycles. The van der Waals surface area contributed by atoms with Crippen molar-refractivity contribution in [1.29, 1.82) is 0 Å². The van der Waals surface area contributed by atoms with E-state index in [1.54, 1.807) is 6.07 Å². The number of halogens is 4. The summed E-state index contributed by atoms with van der Waals surface area (Å²) in [6, 6.07) is 4.17. The Bertz CT molecular complexity index is 620. The van der Waals surface area contributed by atoms with Crippen molar-refractivity contribution in [3.8, 4) is 0 Å².